The van der Waals surface area contributed by atoms with E-state index in [-0.39, 0.29) is 6.10 Å². The Bertz CT molecular complexity index is 931. The quantitative estimate of drug-likeness (QED) is 0.790. The lowest BCUT2D eigenvalue weighted by molar-refractivity contribution is 0.206. The van der Waals surface area contributed by atoms with Gasteiger partial charge in [0, 0.05) is 37.8 Å². The summed E-state index contributed by atoms with van der Waals surface area (Å²) in [6.07, 6.45) is 3.81. The maximum absolute atomic E-state index is 6.40. The van der Waals surface area contributed by atoms with Crippen LogP contribution in [0.1, 0.15) is 23.8 Å². The van der Waals surface area contributed by atoms with Gasteiger partial charge < -0.3 is 15.0 Å². The molecule has 1 aromatic carbocycles. The van der Waals surface area contributed by atoms with Gasteiger partial charge in [0.25, 0.3) is 0 Å². The van der Waals surface area contributed by atoms with E-state index < -0.39 is 0 Å². The van der Waals surface area contributed by atoms with Crippen LogP contribution in [-0.2, 0) is 6.42 Å². The third-order valence-corrected chi connectivity index (χ3v) is 5.28. The minimum absolute atomic E-state index is 0.000437. The molecule has 1 atom stereocenters. The number of aryl methyl sites for hydroxylation is 1. The van der Waals surface area contributed by atoms with Crippen LogP contribution in [0.2, 0.25) is 0 Å². The van der Waals surface area contributed by atoms with Crippen molar-refractivity contribution in [1.82, 2.24) is 15.3 Å². The summed E-state index contributed by atoms with van der Waals surface area (Å²) in [4.78, 5) is 11.8. The van der Waals surface area contributed by atoms with Crippen molar-refractivity contribution in [2.45, 2.75) is 18.9 Å². The molecule has 1 aliphatic heterocycles. The monoisotopic (exact) mass is 346 g/mol. The van der Waals surface area contributed by atoms with Crippen molar-refractivity contribution < 1.29 is 4.74 Å². The first kappa shape index (κ1) is 15.6. The molecule has 0 saturated carbocycles. The summed E-state index contributed by atoms with van der Waals surface area (Å²) in [6, 6.07) is 14.5. The van der Waals surface area contributed by atoms with Crippen LogP contribution in [-0.4, -0.2) is 36.1 Å². The number of aromatic nitrogens is 2. The first-order valence-corrected chi connectivity index (χ1v) is 9.34. The molecule has 5 rings (SSSR count). The van der Waals surface area contributed by atoms with Gasteiger partial charge in [-0.1, -0.05) is 24.3 Å². The van der Waals surface area contributed by atoms with Crippen LogP contribution in [0, 0.1) is 0 Å². The van der Waals surface area contributed by atoms with E-state index >= 15 is 0 Å². The van der Waals surface area contributed by atoms with Crippen LogP contribution < -0.4 is 15.0 Å². The normalized spacial score (nSPS) is 19.5. The zero-order chi connectivity index (χ0) is 17.3. The Hall–Kier alpha value is -2.66. The molecule has 5 nitrogen and oxygen atoms in total. The van der Waals surface area contributed by atoms with Crippen molar-refractivity contribution in [2.75, 3.05) is 31.1 Å². The minimum Gasteiger partial charge on any atom is -0.482 e. The Balaban J connectivity index is 1.45. The molecule has 0 radical (unpaired) electrons. The molecule has 3 aromatic rings. The molecule has 1 saturated heterocycles. The van der Waals surface area contributed by atoms with Gasteiger partial charge in [0.05, 0.1) is 5.69 Å². The molecular formula is C21H22N4O. The molecular weight excluding hydrogens is 324 g/mol. The van der Waals surface area contributed by atoms with E-state index in [4.69, 9.17) is 9.72 Å². The lowest BCUT2D eigenvalue weighted by atomic mass is 10.2. The number of nitrogens with one attached hydrogen (secondary N) is 1. The van der Waals surface area contributed by atoms with Crippen LogP contribution in [0.4, 0.5) is 5.82 Å². The molecule has 1 N–H and O–H groups in total. The Morgan fingerprint density at radius 1 is 1.04 bits per heavy atom. The minimum atomic E-state index is 0.000437. The van der Waals surface area contributed by atoms with Crippen LogP contribution in [0.15, 0.2) is 48.7 Å². The zero-order valence-corrected chi connectivity index (χ0v) is 14.7. The first-order chi connectivity index (χ1) is 12.9. The molecule has 5 heteroatoms. The second kappa shape index (κ2) is 6.57. The highest BCUT2D eigenvalue weighted by molar-refractivity contribution is 5.84. The van der Waals surface area contributed by atoms with Crippen LogP contribution >= 0.6 is 0 Å². The molecule has 26 heavy (non-hydrogen) atoms. The van der Waals surface area contributed by atoms with E-state index in [1.54, 1.807) is 0 Å². The highest BCUT2D eigenvalue weighted by atomic mass is 16.5. The Labute approximate surface area is 153 Å². The Morgan fingerprint density at radius 3 is 2.85 bits per heavy atom. The summed E-state index contributed by atoms with van der Waals surface area (Å²) in [7, 11) is 0. The number of fused-ring (bicyclic) bond motifs is 2. The summed E-state index contributed by atoms with van der Waals surface area (Å²) in [5, 5.41) is 4.50. The lowest BCUT2D eigenvalue weighted by Crippen LogP contribution is -2.44. The molecule has 132 valence electrons. The topological polar surface area (TPSA) is 50.3 Å². The largest absolute Gasteiger partial charge is 0.482 e. The van der Waals surface area contributed by atoms with Crippen LogP contribution in [0.3, 0.4) is 0 Å². The van der Waals surface area contributed by atoms with Gasteiger partial charge >= 0.3 is 0 Å². The van der Waals surface area contributed by atoms with Gasteiger partial charge in [0.1, 0.15) is 23.2 Å². The second-order valence-electron chi connectivity index (χ2n) is 6.93. The summed E-state index contributed by atoms with van der Waals surface area (Å²) >= 11 is 0. The van der Waals surface area contributed by atoms with Crippen LogP contribution in [0.5, 0.6) is 5.75 Å². The highest BCUT2D eigenvalue weighted by Crippen LogP contribution is 2.36. The van der Waals surface area contributed by atoms with Crippen molar-refractivity contribution in [3.05, 3.63) is 59.9 Å². The van der Waals surface area contributed by atoms with Gasteiger partial charge in [0.2, 0.25) is 0 Å². The number of nitrogens with zero attached hydrogens (tertiary/aromatic N) is 3. The number of para-hydroxylation sites is 1. The van der Waals surface area contributed by atoms with Crippen molar-refractivity contribution in [3.63, 3.8) is 0 Å². The summed E-state index contributed by atoms with van der Waals surface area (Å²) < 4.78 is 6.40. The second-order valence-corrected chi connectivity index (χ2v) is 6.93. The van der Waals surface area contributed by atoms with Crippen molar-refractivity contribution in [2.24, 2.45) is 0 Å². The summed E-state index contributed by atoms with van der Waals surface area (Å²) in [6.45, 7) is 4.04. The fourth-order valence-electron chi connectivity index (χ4n) is 3.92. The maximum Gasteiger partial charge on any atom is 0.146 e. The average molecular weight is 346 g/mol. The molecule has 2 aliphatic rings. The molecule has 2 aromatic heterocycles. The number of rotatable bonds is 3. The van der Waals surface area contributed by atoms with Gasteiger partial charge in [-0.3, -0.25) is 4.98 Å². The van der Waals surface area contributed by atoms with E-state index in [9.17, 15) is 0 Å². The van der Waals surface area contributed by atoms with E-state index in [0.717, 1.165) is 67.2 Å². The molecule has 0 unspecified atom stereocenters. The molecule has 0 amide bonds. The van der Waals surface area contributed by atoms with Crippen LogP contribution in [0.25, 0.3) is 10.9 Å². The van der Waals surface area contributed by atoms with Gasteiger partial charge in [-0.05, 0) is 36.6 Å². The number of pyridine rings is 2. The summed E-state index contributed by atoms with van der Waals surface area (Å²) in [5.41, 5.74) is 3.32. The van der Waals surface area contributed by atoms with Gasteiger partial charge in [0.15, 0.2) is 0 Å². The van der Waals surface area contributed by atoms with Gasteiger partial charge in [-0.2, -0.15) is 0 Å². The highest BCUT2D eigenvalue weighted by Gasteiger charge is 2.27. The standard InChI is InChI=1S/C21H22N4O/c1-3-15-4-2-10-23-20(15)17(5-1)26-18-8-6-16-7-9-19(24-21(16)18)25-13-11-22-12-14-25/h1-5,7,9-10,18,22H,6,8,11-14H2/t18-/m0/s1. The van der Waals surface area contributed by atoms with Crippen molar-refractivity contribution in [3.8, 4) is 5.75 Å². The molecule has 1 fully saturated rings. The zero-order valence-electron chi connectivity index (χ0n) is 14.7. The number of anilines is 1. The predicted octanol–water partition coefficient (Wildman–Crippen LogP) is 3.11. The third-order valence-electron chi connectivity index (χ3n) is 5.28. The molecule has 1 aliphatic carbocycles. The lowest BCUT2D eigenvalue weighted by Gasteiger charge is -2.29. The molecule has 0 spiro atoms. The third kappa shape index (κ3) is 2.78. The number of hydrogen-bond donors (Lipinski definition) is 1. The molecule has 0 bridgehead atoms. The smallest absolute Gasteiger partial charge is 0.146 e. The Morgan fingerprint density at radius 2 is 1.92 bits per heavy atom. The van der Waals surface area contributed by atoms with E-state index in [0.29, 0.717) is 0 Å². The van der Waals surface area contributed by atoms with Gasteiger partial charge in [-0.15, -0.1) is 0 Å². The van der Waals surface area contributed by atoms with E-state index in [1.807, 2.05) is 24.4 Å². The SMILES string of the molecule is c1cnc2c(O[C@H]3CCc4ccc(N5CCNCC5)nc43)cccc2c1. The average Bonchev–Trinajstić information content (AvgIpc) is 3.11. The summed E-state index contributed by atoms with van der Waals surface area (Å²) in [5.74, 6) is 1.91. The van der Waals surface area contributed by atoms with Crippen molar-refractivity contribution in [1.29, 1.82) is 0 Å². The number of ether oxygens (including phenoxy) is 1. The Kier molecular flexibility index (Phi) is 3.94. The number of benzene rings is 1. The maximum atomic E-state index is 6.40. The number of piperazine rings is 1. The first-order valence-electron chi connectivity index (χ1n) is 9.34. The fourth-order valence-corrected chi connectivity index (χ4v) is 3.92. The van der Waals surface area contributed by atoms with E-state index in [2.05, 4.69) is 39.5 Å². The predicted molar refractivity (Wildman–Crippen MR) is 103 cm³/mol. The van der Waals surface area contributed by atoms with E-state index in [1.165, 1.54) is 5.56 Å². The van der Waals surface area contributed by atoms with Gasteiger partial charge in [-0.25, -0.2) is 4.98 Å². The molecule has 3 heterocycles. The fraction of sp³-hybridized carbons (Fsp3) is 0.333. The number of hydrogen-bond acceptors (Lipinski definition) is 5. The van der Waals surface area contributed by atoms with Crippen molar-refractivity contribution >= 4 is 16.7 Å².